The van der Waals surface area contributed by atoms with Gasteiger partial charge in [0, 0.05) is 23.2 Å². The zero-order valence-electron chi connectivity index (χ0n) is 17.9. The van der Waals surface area contributed by atoms with E-state index in [4.69, 9.17) is 0 Å². The summed E-state index contributed by atoms with van der Waals surface area (Å²) in [5.41, 5.74) is -2.24. The summed E-state index contributed by atoms with van der Waals surface area (Å²) in [5, 5.41) is 16.5. The van der Waals surface area contributed by atoms with Gasteiger partial charge in [-0.3, -0.25) is 9.78 Å². The number of amides is 1. The van der Waals surface area contributed by atoms with Crippen LogP contribution in [0.3, 0.4) is 0 Å². The molecule has 0 radical (unpaired) electrons. The van der Waals surface area contributed by atoms with E-state index in [0.29, 0.717) is 17.6 Å². The first-order valence-corrected chi connectivity index (χ1v) is 10.5. The number of alkyl halides is 3. The maximum absolute atomic E-state index is 13.8. The Morgan fingerprint density at radius 1 is 1.21 bits per heavy atom. The van der Waals surface area contributed by atoms with Crippen molar-refractivity contribution in [3.05, 3.63) is 53.0 Å². The summed E-state index contributed by atoms with van der Waals surface area (Å²) in [6.07, 6.45) is 0.879. The molecule has 3 aromatic heterocycles. The van der Waals surface area contributed by atoms with Gasteiger partial charge in [-0.25, -0.2) is 9.50 Å². The van der Waals surface area contributed by atoms with Crippen molar-refractivity contribution in [2.45, 2.75) is 62.6 Å². The number of carbonyl (C=O) groups excluding carboxylic acids is 1. The van der Waals surface area contributed by atoms with Gasteiger partial charge in [0.05, 0.1) is 34.8 Å². The number of aliphatic hydroxyl groups is 1. The van der Waals surface area contributed by atoms with Crippen molar-refractivity contribution in [1.29, 1.82) is 0 Å². The second kappa shape index (κ2) is 6.96. The summed E-state index contributed by atoms with van der Waals surface area (Å²) in [7, 11) is 0. The first kappa shape index (κ1) is 21.7. The van der Waals surface area contributed by atoms with E-state index in [9.17, 15) is 27.5 Å². The normalized spacial score (nSPS) is 19.5. The van der Waals surface area contributed by atoms with Crippen molar-refractivity contribution in [3.8, 4) is 0 Å². The Hall–Kier alpha value is -3.08. The number of hydrogen-bond donors (Lipinski definition) is 2. The molecule has 0 aromatic carbocycles. The van der Waals surface area contributed by atoms with Crippen LogP contribution in [0, 0.1) is 5.95 Å². The SMILES string of the molecule is CC(C)(O)c1ncc(NC(=O)C2CC3(CCC3)c3c2cnc2cc(F)nn32)cc1C(F)(F)F. The highest BCUT2D eigenvalue weighted by atomic mass is 19.4. The lowest BCUT2D eigenvalue weighted by atomic mass is 9.66. The van der Waals surface area contributed by atoms with Crippen LogP contribution in [0.15, 0.2) is 24.5 Å². The van der Waals surface area contributed by atoms with Crippen LogP contribution in [0.5, 0.6) is 0 Å². The van der Waals surface area contributed by atoms with E-state index in [1.165, 1.54) is 30.6 Å². The summed E-state index contributed by atoms with van der Waals surface area (Å²) < 4.78 is 56.0. The van der Waals surface area contributed by atoms with Gasteiger partial charge in [-0.2, -0.15) is 17.6 Å². The number of carbonyl (C=O) groups is 1. The smallest absolute Gasteiger partial charge is 0.384 e. The van der Waals surface area contributed by atoms with Gasteiger partial charge >= 0.3 is 6.18 Å². The molecular weight excluding hydrogens is 442 g/mol. The topological polar surface area (TPSA) is 92.4 Å². The highest BCUT2D eigenvalue weighted by Crippen LogP contribution is 2.56. The molecule has 3 aromatic rings. The van der Waals surface area contributed by atoms with E-state index < -0.39 is 40.8 Å². The van der Waals surface area contributed by atoms with E-state index in [-0.39, 0.29) is 11.1 Å². The molecule has 33 heavy (non-hydrogen) atoms. The molecule has 1 saturated carbocycles. The van der Waals surface area contributed by atoms with Crippen LogP contribution in [0.4, 0.5) is 23.2 Å². The zero-order chi connectivity index (χ0) is 23.8. The van der Waals surface area contributed by atoms with Gasteiger partial charge in [-0.1, -0.05) is 6.42 Å². The lowest BCUT2D eigenvalue weighted by Crippen LogP contribution is -2.34. The Balaban J connectivity index is 1.50. The lowest BCUT2D eigenvalue weighted by Gasteiger charge is -2.39. The molecule has 2 aliphatic rings. The molecule has 0 aliphatic heterocycles. The molecule has 174 valence electrons. The predicted octanol–water partition coefficient (Wildman–Crippen LogP) is 4.06. The maximum Gasteiger partial charge on any atom is 0.418 e. The predicted molar refractivity (Wildman–Crippen MR) is 109 cm³/mol. The minimum Gasteiger partial charge on any atom is -0.384 e. The quantitative estimate of drug-likeness (QED) is 0.572. The summed E-state index contributed by atoms with van der Waals surface area (Å²) in [5.74, 6) is -1.84. The molecule has 1 fully saturated rings. The number of nitrogens with zero attached hydrogens (tertiary/aromatic N) is 4. The number of halogens is 4. The second-order valence-corrected chi connectivity index (χ2v) is 9.36. The van der Waals surface area contributed by atoms with Crippen LogP contribution in [-0.2, 0) is 22.0 Å². The Bertz CT molecular complexity index is 1270. The van der Waals surface area contributed by atoms with Gasteiger partial charge in [0.15, 0.2) is 5.65 Å². The standard InChI is InChI=1S/C22H21F4N5O2/c1-20(2,33)17-14(22(24,25)26)6-11(9-28-17)29-19(32)12-8-21(4-3-5-21)18-13(12)10-27-16-7-15(23)30-31(16)18/h6-7,9-10,12,33H,3-5,8H2,1-2H3,(H,29,32). The molecule has 2 aliphatic carbocycles. The molecule has 1 amide bonds. The fraction of sp³-hybridized carbons (Fsp3) is 0.455. The van der Waals surface area contributed by atoms with Gasteiger partial charge in [-0.05, 0) is 39.2 Å². The van der Waals surface area contributed by atoms with Crippen molar-refractivity contribution >= 4 is 17.2 Å². The summed E-state index contributed by atoms with van der Waals surface area (Å²) >= 11 is 0. The summed E-state index contributed by atoms with van der Waals surface area (Å²) in [6.45, 7) is 2.42. The van der Waals surface area contributed by atoms with Crippen molar-refractivity contribution in [2.24, 2.45) is 0 Å². The van der Waals surface area contributed by atoms with E-state index in [1.54, 1.807) is 0 Å². The molecule has 1 atom stereocenters. The zero-order valence-corrected chi connectivity index (χ0v) is 17.9. The van der Waals surface area contributed by atoms with Gasteiger partial charge < -0.3 is 10.4 Å². The maximum atomic E-state index is 13.8. The lowest BCUT2D eigenvalue weighted by molar-refractivity contribution is -0.140. The van der Waals surface area contributed by atoms with Crippen molar-refractivity contribution < 1.29 is 27.5 Å². The minimum absolute atomic E-state index is 0.129. The van der Waals surface area contributed by atoms with Gasteiger partial charge in [0.1, 0.15) is 5.60 Å². The van der Waals surface area contributed by atoms with Gasteiger partial charge in [-0.15, -0.1) is 5.10 Å². The average molecular weight is 463 g/mol. The molecule has 11 heteroatoms. The molecule has 0 bridgehead atoms. The third-order valence-corrected chi connectivity index (χ3v) is 6.62. The molecule has 1 unspecified atom stereocenters. The Labute approximate surface area is 185 Å². The monoisotopic (exact) mass is 463 g/mol. The highest BCUT2D eigenvalue weighted by Gasteiger charge is 2.52. The number of aromatic nitrogens is 4. The van der Waals surface area contributed by atoms with Crippen LogP contribution in [0.2, 0.25) is 0 Å². The van der Waals surface area contributed by atoms with E-state index >= 15 is 0 Å². The van der Waals surface area contributed by atoms with E-state index in [0.717, 1.165) is 37.2 Å². The Morgan fingerprint density at radius 2 is 1.94 bits per heavy atom. The number of anilines is 1. The largest absolute Gasteiger partial charge is 0.418 e. The molecule has 2 N–H and O–H groups in total. The number of pyridine rings is 1. The van der Waals surface area contributed by atoms with Crippen LogP contribution < -0.4 is 5.32 Å². The van der Waals surface area contributed by atoms with Crippen molar-refractivity contribution in [3.63, 3.8) is 0 Å². The van der Waals surface area contributed by atoms with E-state index in [1.807, 2.05) is 0 Å². The summed E-state index contributed by atoms with van der Waals surface area (Å²) in [4.78, 5) is 21.2. The van der Waals surface area contributed by atoms with E-state index in [2.05, 4.69) is 20.4 Å². The third kappa shape index (κ3) is 3.45. The second-order valence-electron chi connectivity index (χ2n) is 9.36. The number of fused-ring (bicyclic) bond motifs is 4. The molecule has 5 rings (SSSR count). The molecule has 0 saturated heterocycles. The fourth-order valence-corrected chi connectivity index (χ4v) is 5.05. The minimum atomic E-state index is -4.77. The van der Waals surface area contributed by atoms with Crippen LogP contribution in [0.25, 0.3) is 5.65 Å². The Kier molecular flexibility index (Phi) is 4.59. The first-order valence-electron chi connectivity index (χ1n) is 10.5. The van der Waals surface area contributed by atoms with Crippen LogP contribution in [0.1, 0.15) is 68.0 Å². The molecular formula is C22H21F4N5O2. The molecule has 7 nitrogen and oxygen atoms in total. The highest BCUT2D eigenvalue weighted by molar-refractivity contribution is 5.97. The van der Waals surface area contributed by atoms with Crippen LogP contribution >= 0.6 is 0 Å². The Morgan fingerprint density at radius 3 is 2.55 bits per heavy atom. The van der Waals surface area contributed by atoms with Crippen LogP contribution in [-0.4, -0.2) is 30.6 Å². The third-order valence-electron chi connectivity index (χ3n) is 6.62. The van der Waals surface area contributed by atoms with Gasteiger partial charge in [0.2, 0.25) is 11.9 Å². The fourth-order valence-electron chi connectivity index (χ4n) is 5.05. The van der Waals surface area contributed by atoms with Crippen molar-refractivity contribution in [1.82, 2.24) is 19.6 Å². The number of rotatable bonds is 3. The molecule has 1 spiro atoms. The number of nitrogens with one attached hydrogen (secondary N) is 1. The average Bonchev–Trinajstić information content (AvgIpc) is 3.23. The summed E-state index contributed by atoms with van der Waals surface area (Å²) in [6, 6.07) is 1.99. The van der Waals surface area contributed by atoms with Gasteiger partial charge in [0.25, 0.3) is 0 Å². The number of hydrogen-bond acceptors (Lipinski definition) is 5. The van der Waals surface area contributed by atoms with Crippen molar-refractivity contribution in [2.75, 3.05) is 5.32 Å². The molecule has 3 heterocycles. The first-order chi connectivity index (χ1) is 15.4.